The summed E-state index contributed by atoms with van der Waals surface area (Å²) in [6.07, 6.45) is 3.72. The number of hydrogen-bond donors (Lipinski definition) is 1. The molecule has 134 valence electrons. The van der Waals surface area contributed by atoms with Gasteiger partial charge in [0.05, 0.1) is 5.69 Å². The largest absolute Gasteiger partial charge is 0.380 e. The summed E-state index contributed by atoms with van der Waals surface area (Å²) < 4.78 is 1.99. The van der Waals surface area contributed by atoms with E-state index in [1.54, 1.807) is 6.20 Å². The highest BCUT2D eigenvalue weighted by atomic mass is 15.1. The van der Waals surface area contributed by atoms with Crippen LogP contribution in [0.25, 0.3) is 22.8 Å². The van der Waals surface area contributed by atoms with Crippen LogP contribution in [0, 0.1) is 13.8 Å². The summed E-state index contributed by atoms with van der Waals surface area (Å²) in [4.78, 5) is 9.20. The topological polar surface area (TPSA) is 42.7 Å². The van der Waals surface area contributed by atoms with Crippen molar-refractivity contribution in [2.24, 2.45) is 0 Å². The number of aryl methyl sites for hydroxylation is 2. The molecule has 26 heavy (non-hydrogen) atoms. The molecule has 0 radical (unpaired) electrons. The fourth-order valence-electron chi connectivity index (χ4n) is 2.83. The van der Waals surface area contributed by atoms with Crippen molar-refractivity contribution in [1.82, 2.24) is 19.9 Å². The lowest BCUT2D eigenvalue weighted by atomic mass is 10.0. The number of rotatable bonds is 4. The van der Waals surface area contributed by atoms with Crippen molar-refractivity contribution < 1.29 is 0 Å². The Morgan fingerprint density at radius 1 is 1.08 bits per heavy atom. The fraction of sp³-hybridized carbons (Fsp3) is 0.273. The summed E-state index contributed by atoms with van der Waals surface area (Å²) in [5.74, 6) is 1.74. The van der Waals surface area contributed by atoms with Gasteiger partial charge in [0.1, 0.15) is 11.6 Å². The molecule has 3 aromatic rings. The SMILES string of the molecule is C=C(NC(C)(C)C)c1cc(-c2ccc(C)cc2)nc(-n2ccnc2C)c1. The number of nitrogens with one attached hydrogen (secondary N) is 1. The van der Waals surface area contributed by atoms with Crippen LogP contribution in [0.3, 0.4) is 0 Å². The molecule has 0 unspecified atom stereocenters. The molecule has 0 atom stereocenters. The van der Waals surface area contributed by atoms with Gasteiger partial charge in [-0.2, -0.15) is 0 Å². The minimum absolute atomic E-state index is 0.0601. The van der Waals surface area contributed by atoms with Crippen LogP contribution in [0.5, 0.6) is 0 Å². The lowest BCUT2D eigenvalue weighted by Crippen LogP contribution is -2.34. The van der Waals surface area contributed by atoms with Gasteiger partial charge in [-0.05, 0) is 46.8 Å². The Bertz CT molecular complexity index is 928. The number of benzene rings is 1. The minimum Gasteiger partial charge on any atom is -0.380 e. The van der Waals surface area contributed by atoms with Gasteiger partial charge in [-0.3, -0.25) is 4.57 Å². The molecule has 1 N–H and O–H groups in total. The molecule has 3 rings (SSSR count). The maximum absolute atomic E-state index is 4.87. The third-order valence-electron chi connectivity index (χ3n) is 4.11. The van der Waals surface area contributed by atoms with E-state index in [2.05, 4.69) is 74.9 Å². The first-order chi connectivity index (χ1) is 12.2. The van der Waals surface area contributed by atoms with Gasteiger partial charge in [-0.1, -0.05) is 36.4 Å². The predicted molar refractivity (Wildman–Crippen MR) is 108 cm³/mol. The van der Waals surface area contributed by atoms with Crippen molar-refractivity contribution in [2.75, 3.05) is 0 Å². The normalized spacial score (nSPS) is 11.4. The summed E-state index contributed by atoms with van der Waals surface area (Å²) in [7, 11) is 0. The zero-order valence-corrected chi connectivity index (χ0v) is 16.2. The Labute approximate surface area is 155 Å². The number of pyridine rings is 1. The molecule has 0 saturated heterocycles. The zero-order chi connectivity index (χ0) is 18.9. The van der Waals surface area contributed by atoms with Gasteiger partial charge < -0.3 is 5.32 Å². The Hall–Kier alpha value is -2.88. The van der Waals surface area contributed by atoms with Gasteiger partial charge in [0.2, 0.25) is 0 Å². The summed E-state index contributed by atoms with van der Waals surface area (Å²) in [6, 6.07) is 12.6. The highest BCUT2D eigenvalue weighted by Crippen LogP contribution is 2.25. The second-order valence-electron chi connectivity index (χ2n) is 7.66. The van der Waals surface area contributed by atoms with Crippen LogP contribution in [0.1, 0.15) is 37.7 Å². The third kappa shape index (κ3) is 4.02. The first-order valence-electron chi connectivity index (χ1n) is 8.80. The standard InChI is InChI=1S/C22H26N4/c1-15-7-9-18(10-8-15)20-13-19(16(2)25-22(4,5)6)14-21(24-20)26-12-11-23-17(26)3/h7-14,25H,2H2,1,3-6H3. The van der Waals surface area contributed by atoms with Crippen LogP contribution in [0.2, 0.25) is 0 Å². The number of hydrogen-bond acceptors (Lipinski definition) is 3. The van der Waals surface area contributed by atoms with Crippen LogP contribution in [0.15, 0.2) is 55.4 Å². The molecule has 0 spiro atoms. The summed E-state index contributed by atoms with van der Waals surface area (Å²) >= 11 is 0. The van der Waals surface area contributed by atoms with E-state index in [0.29, 0.717) is 0 Å². The smallest absolute Gasteiger partial charge is 0.139 e. The van der Waals surface area contributed by atoms with Crippen molar-refractivity contribution >= 4 is 5.70 Å². The first kappa shape index (κ1) is 17.9. The van der Waals surface area contributed by atoms with Crippen molar-refractivity contribution in [1.29, 1.82) is 0 Å². The molecule has 2 aromatic heterocycles. The van der Waals surface area contributed by atoms with E-state index in [4.69, 9.17) is 4.98 Å². The fourth-order valence-corrected chi connectivity index (χ4v) is 2.83. The number of imidazole rings is 1. The van der Waals surface area contributed by atoms with Crippen molar-refractivity contribution in [2.45, 2.75) is 40.2 Å². The van der Waals surface area contributed by atoms with E-state index in [1.807, 2.05) is 23.8 Å². The third-order valence-corrected chi connectivity index (χ3v) is 4.11. The molecule has 1 aromatic carbocycles. The van der Waals surface area contributed by atoms with E-state index >= 15 is 0 Å². The van der Waals surface area contributed by atoms with Crippen LogP contribution < -0.4 is 5.32 Å². The molecule has 0 aliphatic carbocycles. The van der Waals surface area contributed by atoms with Crippen molar-refractivity contribution in [3.05, 3.63) is 72.3 Å². The maximum atomic E-state index is 4.87. The van der Waals surface area contributed by atoms with Gasteiger partial charge in [0.15, 0.2) is 0 Å². The van der Waals surface area contributed by atoms with Gasteiger partial charge in [-0.15, -0.1) is 0 Å². The van der Waals surface area contributed by atoms with Crippen LogP contribution in [0.4, 0.5) is 0 Å². The van der Waals surface area contributed by atoms with Crippen molar-refractivity contribution in [3.63, 3.8) is 0 Å². The second kappa shape index (κ2) is 6.79. The Morgan fingerprint density at radius 2 is 1.77 bits per heavy atom. The highest BCUT2D eigenvalue weighted by molar-refractivity contribution is 5.70. The first-order valence-corrected chi connectivity index (χ1v) is 8.80. The molecule has 4 nitrogen and oxygen atoms in total. The predicted octanol–water partition coefficient (Wildman–Crippen LogP) is 4.91. The molecule has 0 fully saturated rings. The summed E-state index contributed by atoms with van der Waals surface area (Å²) in [6.45, 7) is 14.7. The highest BCUT2D eigenvalue weighted by Gasteiger charge is 2.14. The second-order valence-corrected chi connectivity index (χ2v) is 7.66. The van der Waals surface area contributed by atoms with Gasteiger partial charge in [0.25, 0.3) is 0 Å². The maximum Gasteiger partial charge on any atom is 0.139 e. The molecule has 0 aliphatic heterocycles. The Kier molecular flexibility index (Phi) is 4.68. The average molecular weight is 346 g/mol. The number of nitrogens with zero attached hydrogens (tertiary/aromatic N) is 3. The molecule has 2 heterocycles. The van der Waals surface area contributed by atoms with E-state index in [9.17, 15) is 0 Å². The molecule has 0 aliphatic rings. The molecular weight excluding hydrogens is 320 g/mol. The average Bonchev–Trinajstić information content (AvgIpc) is 2.99. The van der Waals surface area contributed by atoms with Crippen LogP contribution in [-0.4, -0.2) is 20.1 Å². The van der Waals surface area contributed by atoms with E-state index in [1.165, 1.54) is 5.56 Å². The molecule has 0 amide bonds. The van der Waals surface area contributed by atoms with Crippen molar-refractivity contribution in [3.8, 4) is 17.1 Å². The quantitative estimate of drug-likeness (QED) is 0.730. The summed E-state index contributed by atoms with van der Waals surface area (Å²) in [5, 5.41) is 3.46. The number of aromatic nitrogens is 3. The van der Waals surface area contributed by atoms with Crippen LogP contribution >= 0.6 is 0 Å². The lowest BCUT2D eigenvalue weighted by Gasteiger charge is -2.24. The van der Waals surface area contributed by atoms with Crippen LogP contribution in [-0.2, 0) is 0 Å². The van der Waals surface area contributed by atoms with Gasteiger partial charge in [0, 0.05) is 34.8 Å². The minimum atomic E-state index is -0.0601. The zero-order valence-electron chi connectivity index (χ0n) is 16.2. The lowest BCUT2D eigenvalue weighted by molar-refractivity contribution is 0.502. The molecule has 4 heteroatoms. The molecular formula is C22H26N4. The van der Waals surface area contributed by atoms with E-state index < -0.39 is 0 Å². The Morgan fingerprint density at radius 3 is 2.35 bits per heavy atom. The van der Waals surface area contributed by atoms with Gasteiger partial charge >= 0.3 is 0 Å². The Balaban J connectivity index is 2.12. The monoisotopic (exact) mass is 346 g/mol. The summed E-state index contributed by atoms with van der Waals surface area (Å²) in [5.41, 5.74) is 5.08. The van der Waals surface area contributed by atoms with Gasteiger partial charge in [-0.25, -0.2) is 9.97 Å². The van der Waals surface area contributed by atoms with E-state index in [-0.39, 0.29) is 5.54 Å². The molecule has 0 saturated carbocycles. The van der Waals surface area contributed by atoms with E-state index in [0.717, 1.165) is 34.2 Å². The molecule has 0 bridgehead atoms.